The summed E-state index contributed by atoms with van der Waals surface area (Å²) in [6.07, 6.45) is 0.460. The van der Waals surface area contributed by atoms with Crippen molar-refractivity contribution in [1.29, 1.82) is 0 Å². The maximum atomic E-state index is 10.7. The van der Waals surface area contributed by atoms with E-state index in [4.69, 9.17) is 16.2 Å². The molecule has 0 heterocycles. The first-order chi connectivity index (χ1) is 7.13. The molecule has 1 amide bonds. The van der Waals surface area contributed by atoms with Gasteiger partial charge in [-0.3, -0.25) is 4.79 Å². The number of hydrogen-bond donors (Lipinski definition) is 2. The van der Waals surface area contributed by atoms with Crippen LogP contribution < -0.4 is 16.2 Å². The van der Waals surface area contributed by atoms with Crippen LogP contribution in [0.2, 0.25) is 0 Å². The molecular formula is C11H16N2O2. The lowest BCUT2D eigenvalue weighted by molar-refractivity contribution is -0.119. The Bertz CT molecular complexity index is 322. The summed E-state index contributed by atoms with van der Waals surface area (Å²) in [5, 5.41) is 0. The number of ether oxygens (including phenoxy) is 1. The first-order valence-corrected chi connectivity index (χ1v) is 4.90. The zero-order valence-electron chi connectivity index (χ0n) is 8.77. The summed E-state index contributed by atoms with van der Waals surface area (Å²) in [4.78, 5) is 10.7. The predicted molar refractivity (Wildman–Crippen MR) is 58.5 cm³/mol. The van der Waals surface area contributed by atoms with Crippen molar-refractivity contribution in [2.75, 3.05) is 6.61 Å². The van der Waals surface area contributed by atoms with Crippen LogP contribution in [-0.2, 0) is 11.2 Å². The van der Waals surface area contributed by atoms with Gasteiger partial charge in [0.15, 0.2) is 0 Å². The molecule has 0 aliphatic carbocycles. The normalized spacial score (nSPS) is 12.1. The number of primary amides is 1. The second kappa shape index (κ2) is 5.36. The van der Waals surface area contributed by atoms with Crippen molar-refractivity contribution in [3.63, 3.8) is 0 Å². The second-order valence-electron chi connectivity index (χ2n) is 3.29. The minimum atomic E-state index is -0.622. The minimum Gasteiger partial charge on any atom is -0.494 e. The van der Waals surface area contributed by atoms with Gasteiger partial charge in [0, 0.05) is 0 Å². The summed E-state index contributed by atoms with van der Waals surface area (Å²) in [5.41, 5.74) is 11.6. The van der Waals surface area contributed by atoms with Crippen molar-refractivity contribution >= 4 is 5.91 Å². The standard InChI is InChI=1S/C11H16N2O2/c1-2-15-9-5-3-8(4-6-9)7-10(12)11(13)14/h3-6,10H,2,7,12H2,1H3,(H2,13,14)/t10-/m0/s1. The average Bonchev–Trinajstić information content (AvgIpc) is 2.21. The van der Waals surface area contributed by atoms with Gasteiger partial charge in [0.1, 0.15) is 5.75 Å². The summed E-state index contributed by atoms with van der Waals surface area (Å²) >= 11 is 0. The van der Waals surface area contributed by atoms with Crippen LogP contribution in [0.4, 0.5) is 0 Å². The molecule has 1 aromatic carbocycles. The highest BCUT2D eigenvalue weighted by Crippen LogP contribution is 2.12. The Hall–Kier alpha value is -1.55. The lowest BCUT2D eigenvalue weighted by Crippen LogP contribution is -2.38. The molecule has 0 aliphatic rings. The Labute approximate surface area is 89.2 Å². The van der Waals surface area contributed by atoms with E-state index in [1.54, 1.807) is 0 Å². The average molecular weight is 208 g/mol. The highest BCUT2D eigenvalue weighted by atomic mass is 16.5. The first-order valence-electron chi connectivity index (χ1n) is 4.90. The third kappa shape index (κ3) is 3.59. The molecule has 0 spiro atoms. The Kier molecular flexibility index (Phi) is 4.12. The van der Waals surface area contributed by atoms with E-state index in [1.807, 2.05) is 31.2 Å². The summed E-state index contributed by atoms with van der Waals surface area (Å²) in [5.74, 6) is 0.331. The molecule has 0 saturated carbocycles. The van der Waals surface area contributed by atoms with E-state index in [0.717, 1.165) is 11.3 Å². The molecule has 0 unspecified atom stereocenters. The van der Waals surface area contributed by atoms with Crippen LogP contribution in [0.5, 0.6) is 5.75 Å². The fourth-order valence-electron chi connectivity index (χ4n) is 1.24. The van der Waals surface area contributed by atoms with Crippen LogP contribution in [0.1, 0.15) is 12.5 Å². The van der Waals surface area contributed by atoms with Crippen molar-refractivity contribution < 1.29 is 9.53 Å². The topological polar surface area (TPSA) is 78.3 Å². The number of rotatable bonds is 5. The molecule has 4 heteroatoms. The van der Waals surface area contributed by atoms with Gasteiger partial charge in [-0.15, -0.1) is 0 Å². The van der Waals surface area contributed by atoms with Crippen molar-refractivity contribution in [1.82, 2.24) is 0 Å². The van der Waals surface area contributed by atoms with Crippen molar-refractivity contribution in [2.24, 2.45) is 11.5 Å². The number of nitrogens with two attached hydrogens (primary N) is 2. The summed E-state index contributed by atoms with van der Waals surface area (Å²) in [7, 11) is 0. The zero-order chi connectivity index (χ0) is 11.3. The van der Waals surface area contributed by atoms with Crippen molar-refractivity contribution in [3.05, 3.63) is 29.8 Å². The number of hydrogen-bond acceptors (Lipinski definition) is 3. The number of carbonyl (C=O) groups is 1. The molecule has 0 fully saturated rings. The fourth-order valence-corrected chi connectivity index (χ4v) is 1.24. The van der Waals surface area contributed by atoms with E-state index in [2.05, 4.69) is 0 Å². The van der Waals surface area contributed by atoms with Crippen LogP contribution in [0.25, 0.3) is 0 Å². The maximum Gasteiger partial charge on any atom is 0.234 e. The Morgan fingerprint density at radius 3 is 2.47 bits per heavy atom. The molecule has 0 saturated heterocycles. The molecule has 0 aromatic heterocycles. The van der Waals surface area contributed by atoms with E-state index in [-0.39, 0.29) is 0 Å². The molecule has 1 aromatic rings. The van der Waals surface area contributed by atoms with Crippen molar-refractivity contribution in [3.8, 4) is 5.75 Å². The van der Waals surface area contributed by atoms with E-state index in [9.17, 15) is 4.79 Å². The molecule has 4 N–H and O–H groups in total. The van der Waals surface area contributed by atoms with Crippen LogP contribution in [0.15, 0.2) is 24.3 Å². The van der Waals surface area contributed by atoms with Crippen LogP contribution in [0.3, 0.4) is 0 Å². The SMILES string of the molecule is CCOc1ccc(C[C@H](N)C(N)=O)cc1. The third-order valence-electron chi connectivity index (χ3n) is 2.06. The minimum absolute atomic E-state index is 0.460. The molecular weight excluding hydrogens is 192 g/mol. The van der Waals surface area contributed by atoms with Gasteiger partial charge in [-0.05, 0) is 31.0 Å². The second-order valence-corrected chi connectivity index (χ2v) is 3.29. The fraction of sp³-hybridized carbons (Fsp3) is 0.364. The molecule has 1 atom stereocenters. The first kappa shape index (κ1) is 11.5. The van der Waals surface area contributed by atoms with Gasteiger partial charge in [-0.2, -0.15) is 0 Å². The Balaban J connectivity index is 2.60. The smallest absolute Gasteiger partial charge is 0.234 e. The van der Waals surface area contributed by atoms with Gasteiger partial charge in [0.2, 0.25) is 5.91 Å². The van der Waals surface area contributed by atoms with Gasteiger partial charge in [-0.25, -0.2) is 0 Å². The molecule has 82 valence electrons. The summed E-state index contributed by atoms with van der Waals surface area (Å²) in [6.45, 7) is 2.57. The highest BCUT2D eigenvalue weighted by Gasteiger charge is 2.09. The Morgan fingerprint density at radius 1 is 1.40 bits per heavy atom. The van der Waals surface area contributed by atoms with Gasteiger partial charge in [0.25, 0.3) is 0 Å². The lowest BCUT2D eigenvalue weighted by Gasteiger charge is -2.08. The Morgan fingerprint density at radius 2 is 2.00 bits per heavy atom. The van der Waals surface area contributed by atoms with Gasteiger partial charge in [0.05, 0.1) is 12.6 Å². The summed E-state index contributed by atoms with van der Waals surface area (Å²) < 4.78 is 5.29. The molecule has 4 nitrogen and oxygen atoms in total. The van der Waals surface area contributed by atoms with Crippen LogP contribution in [-0.4, -0.2) is 18.6 Å². The van der Waals surface area contributed by atoms with Gasteiger partial charge < -0.3 is 16.2 Å². The summed E-state index contributed by atoms with van der Waals surface area (Å²) in [6, 6.07) is 6.85. The van der Waals surface area contributed by atoms with E-state index < -0.39 is 11.9 Å². The largest absolute Gasteiger partial charge is 0.494 e. The van der Waals surface area contributed by atoms with Crippen molar-refractivity contribution in [2.45, 2.75) is 19.4 Å². The molecule has 0 aliphatic heterocycles. The van der Waals surface area contributed by atoms with E-state index in [0.29, 0.717) is 13.0 Å². The van der Waals surface area contributed by atoms with Crippen LogP contribution in [0, 0.1) is 0 Å². The number of amides is 1. The number of carbonyl (C=O) groups excluding carboxylic acids is 1. The third-order valence-corrected chi connectivity index (χ3v) is 2.06. The van der Waals surface area contributed by atoms with Gasteiger partial charge >= 0.3 is 0 Å². The monoisotopic (exact) mass is 208 g/mol. The molecule has 0 bridgehead atoms. The molecule has 1 rings (SSSR count). The lowest BCUT2D eigenvalue weighted by atomic mass is 10.1. The van der Waals surface area contributed by atoms with E-state index in [1.165, 1.54) is 0 Å². The predicted octanol–water partition coefficient (Wildman–Crippen LogP) is 0.440. The highest BCUT2D eigenvalue weighted by molar-refractivity contribution is 5.79. The number of benzene rings is 1. The van der Waals surface area contributed by atoms with Crippen LogP contribution >= 0.6 is 0 Å². The molecule has 0 radical (unpaired) electrons. The quantitative estimate of drug-likeness (QED) is 0.737. The van der Waals surface area contributed by atoms with E-state index >= 15 is 0 Å². The zero-order valence-corrected chi connectivity index (χ0v) is 8.77. The van der Waals surface area contributed by atoms with Gasteiger partial charge in [-0.1, -0.05) is 12.1 Å². The maximum absolute atomic E-state index is 10.7. The molecule has 15 heavy (non-hydrogen) atoms.